The highest BCUT2D eigenvalue weighted by atomic mass is 16.4. The quantitative estimate of drug-likeness (QED) is 0.337. The molecular formula is C19H22N6O6. The SMILES string of the molecule is CN(Cc1cnc(N)c(C(N)=O)n1)c1ccc(C(=O)N[C@@H](CCC(=O)O)C(=O)O)cc1. The van der Waals surface area contributed by atoms with E-state index < -0.39 is 29.8 Å². The normalized spacial score (nSPS) is 11.4. The summed E-state index contributed by atoms with van der Waals surface area (Å²) in [7, 11) is 1.75. The molecule has 0 saturated heterocycles. The highest BCUT2D eigenvalue weighted by Gasteiger charge is 2.21. The minimum Gasteiger partial charge on any atom is -0.481 e. The number of hydrogen-bond donors (Lipinski definition) is 5. The van der Waals surface area contributed by atoms with E-state index in [9.17, 15) is 19.2 Å². The molecule has 0 aliphatic carbocycles. The van der Waals surface area contributed by atoms with Gasteiger partial charge in [0.25, 0.3) is 11.8 Å². The van der Waals surface area contributed by atoms with Crippen molar-refractivity contribution in [3.05, 3.63) is 47.4 Å². The number of nitrogens with zero attached hydrogens (tertiary/aromatic N) is 3. The molecule has 31 heavy (non-hydrogen) atoms. The van der Waals surface area contributed by atoms with E-state index >= 15 is 0 Å². The lowest BCUT2D eigenvalue weighted by Crippen LogP contribution is -2.41. The van der Waals surface area contributed by atoms with E-state index in [1.165, 1.54) is 18.3 Å². The maximum atomic E-state index is 12.3. The molecule has 0 fully saturated rings. The second-order valence-electron chi connectivity index (χ2n) is 6.66. The largest absolute Gasteiger partial charge is 0.481 e. The summed E-state index contributed by atoms with van der Waals surface area (Å²) in [6.07, 6.45) is 0.808. The summed E-state index contributed by atoms with van der Waals surface area (Å²) >= 11 is 0. The lowest BCUT2D eigenvalue weighted by molar-refractivity contribution is -0.140. The second kappa shape index (κ2) is 10.0. The van der Waals surface area contributed by atoms with Crippen molar-refractivity contribution in [3.63, 3.8) is 0 Å². The molecule has 0 unspecified atom stereocenters. The van der Waals surface area contributed by atoms with Gasteiger partial charge in [0.05, 0.1) is 18.4 Å². The summed E-state index contributed by atoms with van der Waals surface area (Å²) in [4.78, 5) is 55.3. The topological polar surface area (TPSA) is 202 Å². The van der Waals surface area contributed by atoms with Crippen molar-refractivity contribution in [1.29, 1.82) is 0 Å². The molecule has 1 aromatic heterocycles. The van der Waals surface area contributed by atoms with E-state index in [1.54, 1.807) is 24.1 Å². The van der Waals surface area contributed by atoms with Crippen molar-refractivity contribution in [2.75, 3.05) is 17.7 Å². The van der Waals surface area contributed by atoms with Crippen LogP contribution in [0.2, 0.25) is 0 Å². The van der Waals surface area contributed by atoms with Gasteiger partial charge >= 0.3 is 11.9 Å². The molecule has 7 N–H and O–H groups in total. The minimum atomic E-state index is -1.31. The standard InChI is InChI=1S/C19H22N6O6/c1-25(9-11-8-22-16(20)15(23-11)17(21)28)12-4-2-10(3-5-12)18(29)24-13(19(30)31)6-7-14(26)27/h2-5,8,13H,6-7,9H2,1H3,(H2,20,22)(H2,21,28)(H,24,29)(H,26,27)(H,30,31)/t13-/m0/s1. The third-order valence-corrected chi connectivity index (χ3v) is 4.30. The van der Waals surface area contributed by atoms with Crippen LogP contribution in [0.1, 0.15) is 39.4 Å². The van der Waals surface area contributed by atoms with Crippen LogP contribution in [0.15, 0.2) is 30.5 Å². The molecule has 1 heterocycles. The highest BCUT2D eigenvalue weighted by Crippen LogP contribution is 2.17. The molecule has 0 aliphatic rings. The van der Waals surface area contributed by atoms with Gasteiger partial charge in [-0.2, -0.15) is 0 Å². The van der Waals surface area contributed by atoms with Crippen molar-refractivity contribution in [1.82, 2.24) is 15.3 Å². The Morgan fingerprint density at radius 1 is 1.16 bits per heavy atom. The lowest BCUT2D eigenvalue weighted by atomic mass is 10.1. The minimum absolute atomic E-state index is 0.0581. The number of carboxylic acid groups (broad SMARTS) is 2. The monoisotopic (exact) mass is 430 g/mol. The van der Waals surface area contributed by atoms with Gasteiger partial charge in [-0.1, -0.05) is 0 Å². The average molecular weight is 430 g/mol. The van der Waals surface area contributed by atoms with Gasteiger partial charge in [-0.3, -0.25) is 14.4 Å². The molecule has 12 heteroatoms. The molecule has 0 spiro atoms. The summed E-state index contributed by atoms with van der Waals surface area (Å²) in [5.41, 5.74) is 12.0. The van der Waals surface area contributed by atoms with Gasteiger partial charge in [0.15, 0.2) is 11.5 Å². The van der Waals surface area contributed by atoms with Crippen LogP contribution in [-0.4, -0.2) is 57.0 Å². The Bertz CT molecular complexity index is 994. The van der Waals surface area contributed by atoms with Crippen molar-refractivity contribution < 1.29 is 29.4 Å². The third kappa shape index (κ3) is 6.39. The zero-order valence-electron chi connectivity index (χ0n) is 16.6. The van der Waals surface area contributed by atoms with Crippen LogP contribution in [0.3, 0.4) is 0 Å². The molecule has 0 radical (unpaired) electrons. The number of nitrogens with two attached hydrogens (primary N) is 2. The molecule has 1 aromatic carbocycles. The van der Waals surface area contributed by atoms with E-state index in [4.69, 9.17) is 21.7 Å². The predicted molar refractivity (Wildman–Crippen MR) is 109 cm³/mol. The lowest BCUT2D eigenvalue weighted by Gasteiger charge is -2.19. The van der Waals surface area contributed by atoms with Crippen molar-refractivity contribution >= 4 is 35.3 Å². The number of amides is 2. The maximum absolute atomic E-state index is 12.3. The summed E-state index contributed by atoms with van der Waals surface area (Å²) in [5.74, 6) is -3.94. The third-order valence-electron chi connectivity index (χ3n) is 4.30. The molecule has 0 aliphatic heterocycles. The first-order valence-electron chi connectivity index (χ1n) is 9.06. The van der Waals surface area contributed by atoms with E-state index in [-0.39, 0.29) is 36.5 Å². The number of carbonyl (C=O) groups is 4. The number of aromatic nitrogens is 2. The summed E-state index contributed by atoms with van der Waals surface area (Å²) in [6, 6.07) is 4.97. The van der Waals surface area contributed by atoms with Gasteiger partial charge < -0.3 is 31.9 Å². The number of hydrogen-bond acceptors (Lipinski definition) is 8. The van der Waals surface area contributed by atoms with Gasteiger partial charge in [-0.05, 0) is 30.7 Å². The summed E-state index contributed by atoms with van der Waals surface area (Å²) < 4.78 is 0. The van der Waals surface area contributed by atoms with Crippen LogP contribution in [0.25, 0.3) is 0 Å². The van der Waals surface area contributed by atoms with Crippen LogP contribution < -0.4 is 21.7 Å². The highest BCUT2D eigenvalue weighted by molar-refractivity contribution is 5.97. The molecule has 2 rings (SSSR count). The van der Waals surface area contributed by atoms with Crippen LogP contribution in [0.5, 0.6) is 0 Å². The first-order chi connectivity index (χ1) is 14.6. The Kier molecular flexibility index (Phi) is 7.44. The molecular weight excluding hydrogens is 408 g/mol. The molecule has 164 valence electrons. The first-order valence-corrected chi connectivity index (χ1v) is 9.06. The van der Waals surface area contributed by atoms with Crippen LogP contribution in [0.4, 0.5) is 11.5 Å². The zero-order valence-corrected chi connectivity index (χ0v) is 16.6. The first kappa shape index (κ1) is 23.1. The fraction of sp³-hybridized carbons (Fsp3) is 0.263. The number of carbonyl (C=O) groups excluding carboxylic acids is 2. The molecule has 1 atom stereocenters. The summed E-state index contributed by atoms with van der Waals surface area (Å²) in [6.45, 7) is 0.273. The van der Waals surface area contributed by atoms with E-state index in [0.29, 0.717) is 11.4 Å². The number of carboxylic acids is 2. The van der Waals surface area contributed by atoms with Crippen LogP contribution in [0, 0.1) is 0 Å². The Balaban J connectivity index is 2.05. The van der Waals surface area contributed by atoms with E-state index in [2.05, 4.69) is 15.3 Å². The second-order valence-corrected chi connectivity index (χ2v) is 6.66. The number of anilines is 2. The van der Waals surface area contributed by atoms with Crippen molar-refractivity contribution in [2.24, 2.45) is 5.73 Å². The number of aliphatic carboxylic acids is 2. The number of nitrogens with one attached hydrogen (secondary N) is 1. The predicted octanol–water partition coefficient (Wildman–Crippen LogP) is -0.158. The van der Waals surface area contributed by atoms with Crippen molar-refractivity contribution in [3.8, 4) is 0 Å². The van der Waals surface area contributed by atoms with Gasteiger partial charge in [0, 0.05) is 24.7 Å². The number of nitrogen functional groups attached to an aromatic ring is 1. The number of rotatable bonds is 10. The molecule has 2 amide bonds. The zero-order chi connectivity index (χ0) is 23.1. The smallest absolute Gasteiger partial charge is 0.326 e. The number of primary amides is 1. The Labute approximate surface area is 176 Å². The fourth-order valence-corrected chi connectivity index (χ4v) is 2.66. The number of benzene rings is 1. The van der Waals surface area contributed by atoms with E-state index in [0.717, 1.165) is 0 Å². The maximum Gasteiger partial charge on any atom is 0.326 e. The van der Waals surface area contributed by atoms with E-state index in [1.807, 2.05) is 0 Å². The molecule has 0 bridgehead atoms. The Hall–Kier alpha value is -4.22. The van der Waals surface area contributed by atoms with Crippen LogP contribution >= 0.6 is 0 Å². The Morgan fingerprint density at radius 2 is 1.81 bits per heavy atom. The van der Waals surface area contributed by atoms with Gasteiger partial charge in [-0.25, -0.2) is 14.8 Å². The van der Waals surface area contributed by atoms with Crippen LogP contribution in [-0.2, 0) is 16.1 Å². The summed E-state index contributed by atoms with van der Waals surface area (Å²) in [5, 5.41) is 20.1. The Morgan fingerprint density at radius 3 is 2.35 bits per heavy atom. The van der Waals surface area contributed by atoms with Crippen molar-refractivity contribution in [2.45, 2.75) is 25.4 Å². The molecule has 12 nitrogen and oxygen atoms in total. The molecule has 0 saturated carbocycles. The fourth-order valence-electron chi connectivity index (χ4n) is 2.66. The average Bonchev–Trinajstić information content (AvgIpc) is 2.71. The van der Waals surface area contributed by atoms with Gasteiger partial charge in [-0.15, -0.1) is 0 Å². The van der Waals surface area contributed by atoms with Gasteiger partial charge in [0.1, 0.15) is 6.04 Å². The molecule has 2 aromatic rings. The van der Waals surface area contributed by atoms with Gasteiger partial charge in [0.2, 0.25) is 0 Å².